The molecule has 4 heteroatoms. The van der Waals surface area contributed by atoms with Crippen molar-refractivity contribution >= 4 is 0 Å². The lowest BCUT2D eigenvalue weighted by molar-refractivity contribution is 0.235. The summed E-state index contributed by atoms with van der Waals surface area (Å²) < 4.78 is 18.8. The fraction of sp³-hybridized carbons (Fsp3) is 0.500. The monoisotopic (exact) mass is 225 g/mol. The zero-order chi connectivity index (χ0) is 11.8. The molecule has 3 nitrogen and oxygen atoms in total. The number of rotatable bonds is 3. The maximum absolute atomic E-state index is 13.9. The molecule has 0 amide bonds. The molecular formula is C12H16FNO2. The normalized spacial score (nSPS) is 17.9. The number of halogens is 1. The van der Waals surface area contributed by atoms with Crippen molar-refractivity contribution in [2.45, 2.75) is 24.7 Å². The molecule has 2 rings (SSSR count). The Hall–Kier alpha value is -1.29. The van der Waals surface area contributed by atoms with Crippen LogP contribution in [0.15, 0.2) is 12.1 Å². The number of hydrogen-bond acceptors (Lipinski definition) is 3. The van der Waals surface area contributed by atoms with E-state index in [1.165, 1.54) is 19.2 Å². The Morgan fingerprint density at radius 1 is 1.50 bits per heavy atom. The quantitative estimate of drug-likeness (QED) is 0.826. The molecule has 0 saturated heterocycles. The predicted molar refractivity (Wildman–Crippen MR) is 59.2 cm³/mol. The summed E-state index contributed by atoms with van der Waals surface area (Å²) in [6, 6.07) is 2.74. The third-order valence-electron chi connectivity index (χ3n) is 3.51. The van der Waals surface area contributed by atoms with Crippen molar-refractivity contribution in [2.75, 3.05) is 13.7 Å². The fourth-order valence-electron chi connectivity index (χ4n) is 2.37. The molecule has 0 aromatic heterocycles. The first-order valence-corrected chi connectivity index (χ1v) is 5.40. The Bertz CT molecular complexity index is 373. The highest BCUT2D eigenvalue weighted by Gasteiger charge is 2.41. The summed E-state index contributed by atoms with van der Waals surface area (Å²) in [6.45, 7) is 0.365. The summed E-state index contributed by atoms with van der Waals surface area (Å²) in [6.07, 6.45) is 2.70. The van der Waals surface area contributed by atoms with E-state index < -0.39 is 5.82 Å². The minimum absolute atomic E-state index is 0.0537. The topological polar surface area (TPSA) is 55.5 Å². The zero-order valence-corrected chi connectivity index (χ0v) is 9.29. The Balaban J connectivity index is 2.48. The van der Waals surface area contributed by atoms with Crippen molar-refractivity contribution in [1.82, 2.24) is 0 Å². The summed E-state index contributed by atoms with van der Waals surface area (Å²) in [5.41, 5.74) is 5.67. The third kappa shape index (κ3) is 1.53. The average molecular weight is 225 g/mol. The van der Waals surface area contributed by atoms with Crippen LogP contribution >= 0.6 is 0 Å². The first-order valence-electron chi connectivity index (χ1n) is 5.40. The first kappa shape index (κ1) is 11.2. The van der Waals surface area contributed by atoms with Crippen molar-refractivity contribution in [1.29, 1.82) is 0 Å². The lowest BCUT2D eigenvalue weighted by atomic mass is 9.64. The van der Waals surface area contributed by atoms with Crippen LogP contribution < -0.4 is 10.5 Å². The van der Waals surface area contributed by atoms with Crippen LogP contribution in [0.25, 0.3) is 0 Å². The molecule has 16 heavy (non-hydrogen) atoms. The highest BCUT2D eigenvalue weighted by atomic mass is 19.1. The standard InChI is InChI=1S/C12H16FNO2/c1-16-8-5-9(13)11(10(15)6-8)12(7-14)3-2-4-12/h5-6,15H,2-4,7,14H2,1H3. The van der Waals surface area contributed by atoms with Gasteiger partial charge in [-0.1, -0.05) is 6.42 Å². The molecule has 0 spiro atoms. The van der Waals surface area contributed by atoms with E-state index in [1.54, 1.807) is 0 Å². The smallest absolute Gasteiger partial charge is 0.134 e. The van der Waals surface area contributed by atoms with Crippen molar-refractivity contribution in [3.63, 3.8) is 0 Å². The lowest BCUT2D eigenvalue weighted by Crippen LogP contribution is -2.42. The fourth-order valence-corrected chi connectivity index (χ4v) is 2.37. The van der Waals surface area contributed by atoms with E-state index in [4.69, 9.17) is 10.5 Å². The van der Waals surface area contributed by atoms with E-state index in [2.05, 4.69) is 0 Å². The molecule has 0 radical (unpaired) electrons. The van der Waals surface area contributed by atoms with Gasteiger partial charge in [-0.2, -0.15) is 0 Å². The molecule has 0 atom stereocenters. The van der Waals surface area contributed by atoms with Crippen LogP contribution in [0.4, 0.5) is 4.39 Å². The molecule has 0 unspecified atom stereocenters. The minimum atomic E-state index is -0.429. The molecule has 0 aliphatic heterocycles. The Morgan fingerprint density at radius 2 is 2.19 bits per heavy atom. The second-order valence-electron chi connectivity index (χ2n) is 4.34. The van der Waals surface area contributed by atoms with Gasteiger partial charge in [0, 0.05) is 29.7 Å². The van der Waals surface area contributed by atoms with Gasteiger partial charge in [0.05, 0.1) is 7.11 Å². The van der Waals surface area contributed by atoms with E-state index in [0.29, 0.717) is 17.9 Å². The van der Waals surface area contributed by atoms with Crippen molar-refractivity contribution in [3.05, 3.63) is 23.5 Å². The summed E-state index contributed by atoms with van der Waals surface area (Å²) in [5.74, 6) is -0.158. The van der Waals surface area contributed by atoms with Crippen LogP contribution in [0.5, 0.6) is 11.5 Å². The maximum Gasteiger partial charge on any atom is 0.134 e. The van der Waals surface area contributed by atoms with Crippen LogP contribution in [0, 0.1) is 5.82 Å². The Labute approximate surface area is 94.0 Å². The summed E-state index contributed by atoms with van der Waals surface area (Å²) in [7, 11) is 1.44. The molecule has 1 saturated carbocycles. The Morgan fingerprint density at radius 3 is 2.56 bits per heavy atom. The lowest BCUT2D eigenvalue weighted by Gasteiger charge is -2.41. The van der Waals surface area contributed by atoms with Crippen LogP contribution in [-0.2, 0) is 5.41 Å². The number of phenols is 1. The van der Waals surface area contributed by atoms with E-state index in [1.807, 2.05) is 0 Å². The minimum Gasteiger partial charge on any atom is -0.507 e. The molecule has 88 valence electrons. The van der Waals surface area contributed by atoms with E-state index in [9.17, 15) is 9.50 Å². The Kier molecular flexibility index (Phi) is 2.76. The largest absolute Gasteiger partial charge is 0.507 e. The van der Waals surface area contributed by atoms with Crippen molar-refractivity contribution in [3.8, 4) is 11.5 Å². The van der Waals surface area contributed by atoms with E-state index in [0.717, 1.165) is 19.3 Å². The van der Waals surface area contributed by atoms with Gasteiger partial charge in [-0.05, 0) is 12.8 Å². The van der Waals surface area contributed by atoms with Crippen molar-refractivity contribution < 1.29 is 14.2 Å². The second kappa shape index (κ2) is 3.94. The molecule has 1 aromatic carbocycles. The third-order valence-corrected chi connectivity index (χ3v) is 3.51. The van der Waals surface area contributed by atoms with Crippen molar-refractivity contribution in [2.24, 2.45) is 5.73 Å². The molecule has 1 aliphatic rings. The summed E-state index contributed by atoms with van der Waals surface area (Å²) in [5, 5.41) is 9.86. The van der Waals surface area contributed by atoms with Gasteiger partial charge in [0.25, 0.3) is 0 Å². The van der Waals surface area contributed by atoms with Gasteiger partial charge in [-0.15, -0.1) is 0 Å². The number of methoxy groups -OCH3 is 1. The van der Waals surface area contributed by atoms with Gasteiger partial charge in [-0.25, -0.2) is 4.39 Å². The maximum atomic E-state index is 13.9. The van der Waals surface area contributed by atoms with Gasteiger partial charge in [0.1, 0.15) is 17.3 Å². The van der Waals surface area contributed by atoms with Gasteiger partial charge in [-0.3, -0.25) is 0 Å². The van der Waals surface area contributed by atoms with Gasteiger partial charge in [0.15, 0.2) is 0 Å². The number of nitrogens with two attached hydrogens (primary N) is 1. The number of hydrogen-bond donors (Lipinski definition) is 2. The van der Waals surface area contributed by atoms with Crippen LogP contribution in [0.1, 0.15) is 24.8 Å². The summed E-state index contributed by atoms with van der Waals surface area (Å²) >= 11 is 0. The molecule has 1 fully saturated rings. The van der Waals surface area contributed by atoms with E-state index >= 15 is 0 Å². The van der Waals surface area contributed by atoms with Gasteiger partial charge < -0.3 is 15.6 Å². The molecule has 1 aliphatic carbocycles. The van der Waals surface area contributed by atoms with E-state index in [-0.39, 0.29) is 11.2 Å². The van der Waals surface area contributed by atoms with Crippen LogP contribution in [0.2, 0.25) is 0 Å². The number of ether oxygens (including phenoxy) is 1. The molecule has 0 bridgehead atoms. The SMILES string of the molecule is COc1cc(O)c(C2(CN)CCC2)c(F)c1. The summed E-state index contributed by atoms with van der Waals surface area (Å²) in [4.78, 5) is 0. The first-order chi connectivity index (χ1) is 7.63. The van der Waals surface area contributed by atoms with Gasteiger partial charge >= 0.3 is 0 Å². The molecule has 0 heterocycles. The molecule has 3 N–H and O–H groups in total. The number of benzene rings is 1. The van der Waals surface area contributed by atoms with Gasteiger partial charge in [0.2, 0.25) is 0 Å². The average Bonchev–Trinajstić information content (AvgIpc) is 2.20. The number of aromatic hydroxyl groups is 1. The highest BCUT2D eigenvalue weighted by Crippen LogP contribution is 2.48. The van der Waals surface area contributed by atoms with Crippen LogP contribution in [0.3, 0.4) is 0 Å². The molecule has 1 aromatic rings. The predicted octanol–water partition coefficient (Wildman–Crippen LogP) is 1.92. The van der Waals surface area contributed by atoms with Crippen LogP contribution in [-0.4, -0.2) is 18.8 Å². The zero-order valence-electron chi connectivity index (χ0n) is 9.29. The second-order valence-corrected chi connectivity index (χ2v) is 4.34. The number of phenolic OH excluding ortho intramolecular Hbond substituents is 1. The highest BCUT2D eigenvalue weighted by molar-refractivity contribution is 5.46. The molecular weight excluding hydrogens is 209 g/mol.